The zero-order chi connectivity index (χ0) is 21.4. The Kier molecular flexibility index (Phi) is 23.8. The number of allylic oxidation sites excluding steroid dienone is 2. The van der Waals surface area contributed by atoms with Crippen LogP contribution in [0.15, 0.2) is 12.2 Å². The molecule has 2 radical (unpaired) electrons. The highest BCUT2D eigenvalue weighted by Gasteiger charge is 2.10. The fourth-order valence-electron chi connectivity index (χ4n) is 4.44. The highest BCUT2D eigenvalue weighted by atomic mass is 14.2. The standard InChI is InChI=1S/C29H56/c1-5-7-9-11-13-14-15-16-17-18-19-20-22-24-26-29(27-28(3)4)25-23-21-12-10-8-6-2/h13-14,28-29H,1-2,5-12,15-27H2,3-4H3/b14-13+. The van der Waals surface area contributed by atoms with Gasteiger partial charge < -0.3 is 0 Å². The number of hydrogen-bond donors (Lipinski definition) is 0. The van der Waals surface area contributed by atoms with Crippen LogP contribution in [0.2, 0.25) is 0 Å². The Balaban J connectivity index is 3.52. The van der Waals surface area contributed by atoms with Gasteiger partial charge in [0, 0.05) is 0 Å². The second-order valence-corrected chi connectivity index (χ2v) is 9.78. The van der Waals surface area contributed by atoms with E-state index in [1.165, 1.54) is 122 Å². The van der Waals surface area contributed by atoms with Gasteiger partial charge in [-0.25, -0.2) is 0 Å². The summed E-state index contributed by atoms with van der Waals surface area (Å²) in [6.45, 7) is 12.6. The number of unbranched alkanes of at least 4 members (excludes halogenated alkanes) is 15. The molecule has 1 atom stereocenters. The van der Waals surface area contributed by atoms with Gasteiger partial charge in [0.05, 0.1) is 0 Å². The summed E-state index contributed by atoms with van der Waals surface area (Å²) in [5.41, 5.74) is 0. The smallest absolute Gasteiger partial charge is 0.0351 e. The molecule has 172 valence electrons. The van der Waals surface area contributed by atoms with Gasteiger partial charge in [0.15, 0.2) is 0 Å². The van der Waals surface area contributed by atoms with Crippen molar-refractivity contribution >= 4 is 0 Å². The van der Waals surface area contributed by atoms with E-state index in [1.54, 1.807) is 0 Å². The molecular weight excluding hydrogens is 348 g/mol. The molecule has 1 unspecified atom stereocenters. The van der Waals surface area contributed by atoms with E-state index in [1.807, 2.05) is 0 Å². The first-order chi connectivity index (χ1) is 14.2. The Hall–Kier alpha value is -0.260. The lowest BCUT2D eigenvalue weighted by atomic mass is 9.87. The maximum Gasteiger partial charge on any atom is -0.0351 e. The van der Waals surface area contributed by atoms with Gasteiger partial charge in [-0.1, -0.05) is 143 Å². The molecule has 0 aliphatic heterocycles. The molecule has 0 bridgehead atoms. The van der Waals surface area contributed by atoms with E-state index >= 15 is 0 Å². The summed E-state index contributed by atoms with van der Waals surface area (Å²) in [6, 6.07) is 0. The van der Waals surface area contributed by atoms with Crippen molar-refractivity contribution in [1.82, 2.24) is 0 Å². The number of rotatable bonds is 23. The van der Waals surface area contributed by atoms with Crippen molar-refractivity contribution in [1.29, 1.82) is 0 Å². The molecule has 0 fully saturated rings. The third kappa shape index (κ3) is 23.9. The van der Waals surface area contributed by atoms with Gasteiger partial charge >= 0.3 is 0 Å². The molecule has 0 aromatic carbocycles. The van der Waals surface area contributed by atoms with Crippen molar-refractivity contribution in [2.24, 2.45) is 11.8 Å². The van der Waals surface area contributed by atoms with Crippen LogP contribution in [0, 0.1) is 25.7 Å². The molecule has 0 aromatic heterocycles. The zero-order valence-corrected chi connectivity index (χ0v) is 20.6. The summed E-state index contributed by atoms with van der Waals surface area (Å²) in [6.07, 6.45) is 33.7. The molecule has 0 saturated carbocycles. The van der Waals surface area contributed by atoms with Gasteiger partial charge in [-0.2, -0.15) is 0 Å². The Morgan fingerprint density at radius 2 is 0.897 bits per heavy atom. The highest BCUT2D eigenvalue weighted by Crippen LogP contribution is 2.25. The predicted octanol–water partition coefficient (Wildman–Crippen LogP) is 10.7. The SMILES string of the molecule is [CH2]CCCC/C=C/CCCCCCCCCC(CCCCCCC[CH2])CC(C)C. The van der Waals surface area contributed by atoms with Crippen molar-refractivity contribution in [2.75, 3.05) is 0 Å². The summed E-state index contributed by atoms with van der Waals surface area (Å²) in [5.74, 6) is 1.85. The van der Waals surface area contributed by atoms with E-state index in [0.717, 1.165) is 24.7 Å². The lowest BCUT2D eigenvalue weighted by Crippen LogP contribution is -2.05. The van der Waals surface area contributed by atoms with Crippen molar-refractivity contribution in [2.45, 2.75) is 149 Å². The quantitative estimate of drug-likeness (QED) is 0.117. The molecule has 0 rings (SSSR count). The molecular formula is C29H56. The first kappa shape index (κ1) is 28.7. The van der Waals surface area contributed by atoms with Crippen LogP contribution in [-0.2, 0) is 0 Å². The monoisotopic (exact) mass is 404 g/mol. The van der Waals surface area contributed by atoms with Crippen LogP contribution in [0.1, 0.15) is 149 Å². The van der Waals surface area contributed by atoms with Crippen LogP contribution < -0.4 is 0 Å². The van der Waals surface area contributed by atoms with Gasteiger partial charge in [-0.05, 0) is 43.9 Å². The van der Waals surface area contributed by atoms with Gasteiger partial charge in [0.1, 0.15) is 0 Å². The third-order valence-electron chi connectivity index (χ3n) is 6.19. The Morgan fingerprint density at radius 3 is 1.38 bits per heavy atom. The molecule has 0 spiro atoms. The van der Waals surface area contributed by atoms with Crippen molar-refractivity contribution in [3.05, 3.63) is 26.0 Å². The van der Waals surface area contributed by atoms with Crippen LogP contribution >= 0.6 is 0 Å². The molecule has 0 aromatic rings. The first-order valence-electron chi connectivity index (χ1n) is 13.4. The molecule has 0 N–H and O–H groups in total. The predicted molar refractivity (Wildman–Crippen MR) is 135 cm³/mol. The van der Waals surface area contributed by atoms with Gasteiger partial charge in [-0.3, -0.25) is 0 Å². The largest absolute Gasteiger partial charge is 0.0885 e. The van der Waals surface area contributed by atoms with Gasteiger partial charge in [0.25, 0.3) is 0 Å². The topological polar surface area (TPSA) is 0 Å². The Labute approximate surface area is 186 Å². The molecule has 0 nitrogen and oxygen atoms in total. The maximum absolute atomic E-state index is 3.95. The van der Waals surface area contributed by atoms with Gasteiger partial charge in [-0.15, -0.1) is 0 Å². The summed E-state index contributed by atoms with van der Waals surface area (Å²) in [4.78, 5) is 0. The zero-order valence-electron chi connectivity index (χ0n) is 20.6. The van der Waals surface area contributed by atoms with E-state index in [-0.39, 0.29) is 0 Å². The summed E-state index contributed by atoms with van der Waals surface area (Å²) in [5, 5.41) is 0. The van der Waals surface area contributed by atoms with Crippen molar-refractivity contribution < 1.29 is 0 Å². The first-order valence-corrected chi connectivity index (χ1v) is 13.4. The van der Waals surface area contributed by atoms with Crippen LogP contribution in [0.5, 0.6) is 0 Å². The van der Waals surface area contributed by atoms with Crippen molar-refractivity contribution in [3.63, 3.8) is 0 Å². The minimum atomic E-state index is 0.865. The van der Waals surface area contributed by atoms with E-state index in [2.05, 4.69) is 39.8 Å². The normalized spacial score (nSPS) is 13.0. The molecule has 0 heteroatoms. The highest BCUT2D eigenvalue weighted by molar-refractivity contribution is 4.81. The van der Waals surface area contributed by atoms with Gasteiger partial charge in [0.2, 0.25) is 0 Å². The second-order valence-electron chi connectivity index (χ2n) is 9.78. The lowest BCUT2D eigenvalue weighted by Gasteiger charge is -2.19. The van der Waals surface area contributed by atoms with E-state index < -0.39 is 0 Å². The molecule has 0 heterocycles. The molecule has 0 aliphatic carbocycles. The Bertz CT molecular complexity index is 314. The summed E-state index contributed by atoms with van der Waals surface area (Å²) < 4.78 is 0. The Morgan fingerprint density at radius 1 is 0.517 bits per heavy atom. The fraction of sp³-hybridized carbons (Fsp3) is 0.862. The molecule has 0 saturated heterocycles. The maximum atomic E-state index is 3.95. The lowest BCUT2D eigenvalue weighted by molar-refractivity contribution is 0.338. The average molecular weight is 405 g/mol. The van der Waals surface area contributed by atoms with E-state index in [9.17, 15) is 0 Å². The molecule has 0 aliphatic rings. The van der Waals surface area contributed by atoms with Crippen molar-refractivity contribution in [3.8, 4) is 0 Å². The minimum Gasteiger partial charge on any atom is -0.0885 e. The minimum absolute atomic E-state index is 0.865. The summed E-state index contributed by atoms with van der Waals surface area (Å²) >= 11 is 0. The fourth-order valence-corrected chi connectivity index (χ4v) is 4.44. The van der Waals surface area contributed by atoms with Crippen LogP contribution in [0.4, 0.5) is 0 Å². The molecule has 29 heavy (non-hydrogen) atoms. The van der Waals surface area contributed by atoms with E-state index in [0.29, 0.717) is 0 Å². The van der Waals surface area contributed by atoms with E-state index in [4.69, 9.17) is 0 Å². The number of hydrogen-bond acceptors (Lipinski definition) is 0. The van der Waals surface area contributed by atoms with Crippen LogP contribution in [0.25, 0.3) is 0 Å². The molecule has 0 amide bonds. The van der Waals surface area contributed by atoms with Crippen LogP contribution in [0.3, 0.4) is 0 Å². The second kappa shape index (κ2) is 24.0. The van der Waals surface area contributed by atoms with Crippen LogP contribution in [-0.4, -0.2) is 0 Å². The average Bonchev–Trinajstić information content (AvgIpc) is 2.70. The summed E-state index contributed by atoms with van der Waals surface area (Å²) in [7, 11) is 0. The third-order valence-corrected chi connectivity index (χ3v) is 6.19.